The van der Waals surface area contributed by atoms with Gasteiger partial charge in [-0.15, -0.1) is 5.10 Å². The number of aromatic nitrogens is 3. The Morgan fingerprint density at radius 3 is 2.75 bits per heavy atom. The van der Waals surface area contributed by atoms with E-state index in [1.54, 1.807) is 4.68 Å². The number of nitrogens with one attached hydrogen (secondary N) is 1. The van der Waals surface area contributed by atoms with Gasteiger partial charge in [0.2, 0.25) is 0 Å². The van der Waals surface area contributed by atoms with Crippen molar-refractivity contribution in [1.82, 2.24) is 20.3 Å². The molecule has 1 aromatic rings. The molecule has 7 heteroatoms. The Morgan fingerprint density at radius 1 is 1.50 bits per heavy atom. The second-order valence-corrected chi connectivity index (χ2v) is 6.49. The van der Waals surface area contributed by atoms with Crippen molar-refractivity contribution in [3.63, 3.8) is 0 Å². The van der Waals surface area contributed by atoms with Crippen molar-refractivity contribution < 1.29 is 8.42 Å². The van der Waals surface area contributed by atoms with Crippen molar-refractivity contribution >= 4 is 9.84 Å². The standard InChI is InChI=1S/C9H16N4O2S/c1-13-7-9(11-12-13)6-10-8-2-4-16(14,15)5-3-8/h7-8,10H,2-6H2,1H3. The van der Waals surface area contributed by atoms with Gasteiger partial charge in [0.05, 0.1) is 17.2 Å². The number of nitrogens with zero attached hydrogens (tertiary/aromatic N) is 3. The minimum atomic E-state index is -2.77. The normalized spacial score (nSPS) is 21.1. The van der Waals surface area contributed by atoms with Crippen LogP contribution < -0.4 is 5.32 Å². The van der Waals surface area contributed by atoms with Gasteiger partial charge in [0.1, 0.15) is 9.84 Å². The maximum Gasteiger partial charge on any atom is 0.150 e. The van der Waals surface area contributed by atoms with E-state index in [2.05, 4.69) is 15.6 Å². The third kappa shape index (κ3) is 3.02. The monoisotopic (exact) mass is 244 g/mol. The molecule has 0 aromatic carbocycles. The van der Waals surface area contributed by atoms with Crippen molar-refractivity contribution in [2.45, 2.75) is 25.4 Å². The molecule has 1 N–H and O–H groups in total. The molecule has 1 saturated heterocycles. The molecule has 0 radical (unpaired) electrons. The van der Waals surface area contributed by atoms with E-state index in [0.717, 1.165) is 5.69 Å². The summed E-state index contributed by atoms with van der Waals surface area (Å²) in [5.74, 6) is 0.594. The van der Waals surface area contributed by atoms with Gasteiger partial charge >= 0.3 is 0 Å². The van der Waals surface area contributed by atoms with E-state index in [1.807, 2.05) is 13.2 Å². The number of hydrogen-bond donors (Lipinski definition) is 1. The van der Waals surface area contributed by atoms with Gasteiger partial charge in [-0.25, -0.2) is 8.42 Å². The van der Waals surface area contributed by atoms with E-state index in [-0.39, 0.29) is 6.04 Å². The Labute approximate surface area is 95.0 Å². The van der Waals surface area contributed by atoms with Gasteiger partial charge in [-0.1, -0.05) is 5.21 Å². The van der Waals surface area contributed by atoms with Gasteiger partial charge in [-0.3, -0.25) is 4.68 Å². The Morgan fingerprint density at radius 2 is 2.19 bits per heavy atom. The fourth-order valence-corrected chi connectivity index (χ4v) is 3.31. The van der Waals surface area contributed by atoms with Gasteiger partial charge in [-0.2, -0.15) is 0 Å². The lowest BCUT2D eigenvalue weighted by molar-refractivity contribution is 0.460. The lowest BCUT2D eigenvalue weighted by Crippen LogP contribution is -2.37. The SMILES string of the molecule is Cn1cc(CNC2CCS(=O)(=O)CC2)nn1. The van der Waals surface area contributed by atoms with E-state index in [4.69, 9.17) is 0 Å². The van der Waals surface area contributed by atoms with E-state index < -0.39 is 9.84 Å². The minimum Gasteiger partial charge on any atom is -0.308 e. The summed E-state index contributed by atoms with van der Waals surface area (Å²) in [6.45, 7) is 0.651. The molecule has 6 nitrogen and oxygen atoms in total. The summed E-state index contributed by atoms with van der Waals surface area (Å²) in [6, 6.07) is 0.283. The number of rotatable bonds is 3. The fourth-order valence-electron chi connectivity index (χ4n) is 1.82. The summed E-state index contributed by atoms with van der Waals surface area (Å²) in [4.78, 5) is 0. The van der Waals surface area contributed by atoms with Crippen molar-refractivity contribution in [3.05, 3.63) is 11.9 Å². The average Bonchev–Trinajstić information content (AvgIpc) is 2.63. The Balaban J connectivity index is 1.80. The molecule has 0 saturated carbocycles. The Bertz CT molecular complexity index is 440. The summed E-state index contributed by atoms with van der Waals surface area (Å²) >= 11 is 0. The summed E-state index contributed by atoms with van der Waals surface area (Å²) in [5.41, 5.74) is 0.885. The molecule has 1 fully saturated rings. The summed E-state index contributed by atoms with van der Waals surface area (Å²) in [5, 5.41) is 11.1. The predicted molar refractivity (Wildman–Crippen MR) is 59.5 cm³/mol. The maximum atomic E-state index is 11.2. The van der Waals surface area contributed by atoms with E-state index >= 15 is 0 Å². The molecule has 0 aliphatic carbocycles. The Hall–Kier alpha value is -0.950. The maximum absolute atomic E-state index is 11.2. The van der Waals surface area contributed by atoms with Crippen LogP contribution in [-0.4, -0.2) is 41.0 Å². The molecule has 1 aromatic heterocycles. The minimum absolute atomic E-state index is 0.283. The van der Waals surface area contributed by atoms with Gasteiger partial charge in [0.25, 0.3) is 0 Å². The van der Waals surface area contributed by atoms with Crippen LogP contribution in [0, 0.1) is 0 Å². The zero-order valence-electron chi connectivity index (χ0n) is 9.26. The van der Waals surface area contributed by atoms with E-state index in [1.165, 1.54) is 0 Å². The third-order valence-corrected chi connectivity index (χ3v) is 4.49. The first-order valence-corrected chi connectivity index (χ1v) is 7.16. The van der Waals surface area contributed by atoms with Crippen LogP contribution in [0.5, 0.6) is 0 Å². The zero-order chi connectivity index (χ0) is 11.6. The molecule has 2 rings (SSSR count). The van der Waals surface area contributed by atoms with Gasteiger partial charge in [-0.05, 0) is 12.8 Å². The third-order valence-electron chi connectivity index (χ3n) is 2.78. The molecule has 0 amide bonds. The lowest BCUT2D eigenvalue weighted by Gasteiger charge is -2.22. The van der Waals surface area contributed by atoms with Crippen LogP contribution in [0.4, 0.5) is 0 Å². The molecule has 0 atom stereocenters. The van der Waals surface area contributed by atoms with Crippen LogP contribution in [0.2, 0.25) is 0 Å². The highest BCUT2D eigenvalue weighted by molar-refractivity contribution is 7.91. The second kappa shape index (κ2) is 4.50. The molecular weight excluding hydrogens is 228 g/mol. The molecule has 0 bridgehead atoms. The van der Waals surface area contributed by atoms with Crippen LogP contribution in [0.25, 0.3) is 0 Å². The molecule has 1 aliphatic heterocycles. The van der Waals surface area contributed by atoms with Gasteiger partial charge in [0.15, 0.2) is 0 Å². The molecule has 90 valence electrons. The van der Waals surface area contributed by atoms with Crippen LogP contribution >= 0.6 is 0 Å². The largest absolute Gasteiger partial charge is 0.308 e. The first-order chi connectivity index (χ1) is 7.55. The van der Waals surface area contributed by atoms with Crippen LogP contribution in [0.1, 0.15) is 18.5 Å². The van der Waals surface area contributed by atoms with Crippen molar-refractivity contribution in [1.29, 1.82) is 0 Å². The predicted octanol–water partition coefficient (Wildman–Crippen LogP) is -0.518. The van der Waals surface area contributed by atoms with Crippen molar-refractivity contribution in [3.8, 4) is 0 Å². The highest BCUT2D eigenvalue weighted by Crippen LogP contribution is 2.12. The van der Waals surface area contributed by atoms with Crippen LogP contribution in [0.3, 0.4) is 0 Å². The fraction of sp³-hybridized carbons (Fsp3) is 0.778. The van der Waals surface area contributed by atoms with Crippen molar-refractivity contribution in [2.24, 2.45) is 7.05 Å². The van der Waals surface area contributed by atoms with Crippen molar-refractivity contribution in [2.75, 3.05) is 11.5 Å². The average molecular weight is 244 g/mol. The first-order valence-electron chi connectivity index (χ1n) is 5.34. The number of sulfone groups is 1. The van der Waals surface area contributed by atoms with Gasteiger partial charge in [0, 0.05) is 25.8 Å². The topological polar surface area (TPSA) is 76.9 Å². The number of hydrogen-bond acceptors (Lipinski definition) is 5. The molecular formula is C9H16N4O2S. The van der Waals surface area contributed by atoms with E-state index in [0.29, 0.717) is 30.9 Å². The lowest BCUT2D eigenvalue weighted by atomic mass is 10.1. The van der Waals surface area contributed by atoms with E-state index in [9.17, 15) is 8.42 Å². The summed E-state index contributed by atoms with van der Waals surface area (Å²) < 4.78 is 24.1. The molecule has 0 unspecified atom stereocenters. The van der Waals surface area contributed by atoms with Gasteiger partial charge < -0.3 is 5.32 Å². The first kappa shape index (κ1) is 11.5. The zero-order valence-corrected chi connectivity index (χ0v) is 10.1. The molecule has 16 heavy (non-hydrogen) atoms. The van der Waals surface area contributed by atoms with Crippen LogP contribution in [-0.2, 0) is 23.4 Å². The molecule has 1 aliphatic rings. The second-order valence-electron chi connectivity index (χ2n) is 4.19. The quantitative estimate of drug-likeness (QED) is 0.774. The number of aryl methyl sites for hydroxylation is 1. The summed E-state index contributed by atoms with van der Waals surface area (Å²) in [6.07, 6.45) is 3.25. The summed E-state index contributed by atoms with van der Waals surface area (Å²) in [7, 11) is -0.943. The Kier molecular flexibility index (Phi) is 3.25. The highest BCUT2D eigenvalue weighted by Gasteiger charge is 2.23. The smallest absolute Gasteiger partial charge is 0.150 e. The van der Waals surface area contributed by atoms with Crippen LogP contribution in [0.15, 0.2) is 6.20 Å². The highest BCUT2D eigenvalue weighted by atomic mass is 32.2. The molecule has 2 heterocycles. The molecule has 0 spiro atoms.